The Morgan fingerprint density at radius 3 is 2.50 bits per heavy atom. The molecule has 0 radical (unpaired) electrons. The van der Waals surface area contributed by atoms with Crippen LogP contribution in [0.15, 0.2) is 18.2 Å². The third-order valence-electron chi connectivity index (χ3n) is 2.85. The Balaban J connectivity index is 2.44. The van der Waals surface area contributed by atoms with Crippen LogP contribution in [0.3, 0.4) is 0 Å². The highest BCUT2D eigenvalue weighted by Crippen LogP contribution is 2.25. The van der Waals surface area contributed by atoms with Crippen molar-refractivity contribution in [1.29, 1.82) is 0 Å². The van der Waals surface area contributed by atoms with E-state index in [9.17, 15) is 14.4 Å². The second kappa shape index (κ2) is 8.76. The minimum Gasteiger partial charge on any atom is -0.456 e. The second-order valence-electron chi connectivity index (χ2n) is 4.82. The van der Waals surface area contributed by atoms with Gasteiger partial charge in [0.05, 0.1) is 12.5 Å². The summed E-state index contributed by atoms with van der Waals surface area (Å²) in [7, 11) is 0. The average molecular weight is 346 g/mol. The van der Waals surface area contributed by atoms with E-state index in [2.05, 4.69) is 5.32 Å². The Morgan fingerprint density at radius 2 is 1.91 bits per heavy atom. The van der Waals surface area contributed by atoms with E-state index in [1.807, 2.05) is 0 Å². The lowest BCUT2D eigenvalue weighted by molar-refractivity contribution is -0.149. The summed E-state index contributed by atoms with van der Waals surface area (Å²) in [5.41, 5.74) is 0.710. The molecule has 1 atom stereocenters. The number of hydrogen-bond donors (Lipinski definition) is 1. The molecular weight excluding hydrogens is 329 g/mol. The number of rotatable bonds is 7. The van der Waals surface area contributed by atoms with Crippen LogP contribution in [0.1, 0.15) is 38.3 Å². The quantitative estimate of drug-likeness (QED) is 0.770. The molecule has 0 unspecified atom stereocenters. The molecule has 0 heterocycles. The first kappa shape index (κ1) is 18.5. The van der Waals surface area contributed by atoms with Gasteiger partial charge in [-0.15, -0.1) is 0 Å². The molecule has 1 aromatic rings. The lowest BCUT2D eigenvalue weighted by atomic mass is 10.1. The maximum atomic E-state index is 11.7. The lowest BCUT2D eigenvalue weighted by Gasteiger charge is -2.16. The van der Waals surface area contributed by atoms with E-state index in [1.54, 1.807) is 25.1 Å². The summed E-state index contributed by atoms with van der Waals surface area (Å²) in [5.74, 6) is -1.13. The molecule has 1 amide bonds. The van der Waals surface area contributed by atoms with Gasteiger partial charge in [0.1, 0.15) is 5.78 Å². The number of amides is 1. The van der Waals surface area contributed by atoms with Gasteiger partial charge in [-0.25, -0.2) is 0 Å². The zero-order chi connectivity index (χ0) is 16.7. The van der Waals surface area contributed by atoms with Crippen LogP contribution in [0, 0.1) is 0 Å². The molecule has 1 aromatic carbocycles. The number of carbonyl (C=O) groups excluding carboxylic acids is 3. The molecular formula is C15H17Cl2NO4. The summed E-state index contributed by atoms with van der Waals surface area (Å²) in [5, 5.41) is 3.62. The van der Waals surface area contributed by atoms with Gasteiger partial charge in [-0.2, -0.15) is 0 Å². The number of hydrogen-bond acceptors (Lipinski definition) is 4. The Labute approximate surface area is 138 Å². The molecule has 0 aromatic heterocycles. The third-order valence-corrected chi connectivity index (χ3v) is 3.41. The Bertz CT molecular complexity index is 575. The molecule has 0 bridgehead atoms. The summed E-state index contributed by atoms with van der Waals surface area (Å²) >= 11 is 11.9. The van der Waals surface area contributed by atoms with Crippen molar-refractivity contribution in [2.45, 2.75) is 32.7 Å². The summed E-state index contributed by atoms with van der Waals surface area (Å²) in [4.78, 5) is 33.8. The number of nitrogens with one attached hydrogen (secondary N) is 1. The van der Waals surface area contributed by atoms with Crippen molar-refractivity contribution in [2.75, 3.05) is 6.61 Å². The molecule has 120 valence electrons. The lowest BCUT2D eigenvalue weighted by Crippen LogP contribution is -2.31. The van der Waals surface area contributed by atoms with Crippen molar-refractivity contribution in [3.63, 3.8) is 0 Å². The summed E-state index contributed by atoms with van der Waals surface area (Å²) in [6.07, 6.45) is 0.0818. The predicted molar refractivity (Wildman–Crippen MR) is 83.9 cm³/mol. The number of ether oxygens (including phenoxy) is 1. The van der Waals surface area contributed by atoms with Crippen molar-refractivity contribution in [1.82, 2.24) is 5.32 Å². The second-order valence-corrected chi connectivity index (χ2v) is 5.66. The minimum atomic E-state index is -0.581. The summed E-state index contributed by atoms with van der Waals surface area (Å²) in [6, 6.07) is 4.62. The molecule has 0 aliphatic carbocycles. The van der Waals surface area contributed by atoms with E-state index >= 15 is 0 Å². The maximum absolute atomic E-state index is 11.7. The predicted octanol–water partition coefficient (Wildman–Crippen LogP) is 3.08. The van der Waals surface area contributed by atoms with Crippen molar-refractivity contribution in [3.05, 3.63) is 33.8 Å². The number of ketones is 1. The van der Waals surface area contributed by atoms with Crippen molar-refractivity contribution in [2.24, 2.45) is 0 Å². The number of Topliss-reactive ketones (excluding diaryl/α,β-unsaturated/α-hetero) is 1. The van der Waals surface area contributed by atoms with Crippen LogP contribution in [-0.4, -0.2) is 24.3 Å². The summed E-state index contributed by atoms with van der Waals surface area (Å²) in [6.45, 7) is 2.74. The van der Waals surface area contributed by atoms with Crippen LogP contribution in [0.4, 0.5) is 0 Å². The molecule has 0 aliphatic rings. The van der Waals surface area contributed by atoms with E-state index in [4.69, 9.17) is 27.9 Å². The minimum absolute atomic E-state index is 0.0266. The highest BCUT2D eigenvalue weighted by atomic mass is 35.5. The maximum Gasteiger partial charge on any atom is 0.306 e. The fraction of sp³-hybridized carbons (Fsp3) is 0.400. The Morgan fingerprint density at radius 1 is 1.23 bits per heavy atom. The highest BCUT2D eigenvalue weighted by molar-refractivity contribution is 6.35. The van der Waals surface area contributed by atoms with Crippen LogP contribution in [-0.2, 0) is 19.1 Å². The third kappa shape index (κ3) is 6.45. The van der Waals surface area contributed by atoms with Gasteiger partial charge >= 0.3 is 5.97 Å². The zero-order valence-electron chi connectivity index (χ0n) is 12.3. The van der Waals surface area contributed by atoms with Gasteiger partial charge in [-0.1, -0.05) is 29.3 Å². The van der Waals surface area contributed by atoms with Gasteiger partial charge in [0.2, 0.25) is 0 Å². The molecule has 0 saturated heterocycles. The standard InChI is InChI=1S/C15H17Cl2NO4/c1-9(19)3-6-15(21)22-8-14(20)18-10(2)12-5-4-11(16)7-13(12)17/h4-5,7,10H,3,6,8H2,1-2H3,(H,18,20)/t10-/m0/s1. The van der Waals surface area contributed by atoms with E-state index in [1.165, 1.54) is 6.92 Å². The monoisotopic (exact) mass is 345 g/mol. The van der Waals surface area contributed by atoms with Crippen molar-refractivity contribution >= 4 is 40.9 Å². The number of carbonyl (C=O) groups is 3. The smallest absolute Gasteiger partial charge is 0.306 e. The molecule has 0 aliphatic heterocycles. The molecule has 1 rings (SSSR count). The van der Waals surface area contributed by atoms with Crippen LogP contribution < -0.4 is 5.32 Å². The first-order valence-electron chi connectivity index (χ1n) is 6.69. The number of esters is 1. The van der Waals surface area contributed by atoms with Gasteiger partial charge in [-0.05, 0) is 31.5 Å². The molecule has 22 heavy (non-hydrogen) atoms. The SMILES string of the molecule is CC(=O)CCC(=O)OCC(=O)N[C@@H](C)c1ccc(Cl)cc1Cl. The largest absolute Gasteiger partial charge is 0.456 e. The molecule has 0 fully saturated rings. The molecule has 0 saturated carbocycles. The van der Waals surface area contributed by atoms with Crippen LogP contribution >= 0.6 is 23.2 Å². The van der Waals surface area contributed by atoms with Crippen LogP contribution in [0.25, 0.3) is 0 Å². The van der Waals surface area contributed by atoms with Crippen LogP contribution in [0.2, 0.25) is 10.0 Å². The van der Waals surface area contributed by atoms with Crippen molar-refractivity contribution in [3.8, 4) is 0 Å². The van der Waals surface area contributed by atoms with E-state index < -0.39 is 18.5 Å². The van der Waals surface area contributed by atoms with Crippen molar-refractivity contribution < 1.29 is 19.1 Å². The highest BCUT2D eigenvalue weighted by Gasteiger charge is 2.14. The van der Waals surface area contributed by atoms with E-state index in [0.29, 0.717) is 15.6 Å². The fourth-order valence-corrected chi connectivity index (χ4v) is 2.28. The first-order chi connectivity index (χ1) is 10.3. The van der Waals surface area contributed by atoms with E-state index in [0.717, 1.165) is 0 Å². The van der Waals surface area contributed by atoms with Gasteiger partial charge in [0.15, 0.2) is 6.61 Å². The molecule has 0 spiro atoms. The van der Waals surface area contributed by atoms with Gasteiger partial charge in [0, 0.05) is 16.5 Å². The number of halogens is 2. The number of benzene rings is 1. The zero-order valence-corrected chi connectivity index (χ0v) is 13.8. The Hall–Kier alpha value is -1.59. The van der Waals surface area contributed by atoms with Gasteiger partial charge in [0.25, 0.3) is 5.91 Å². The normalized spacial score (nSPS) is 11.6. The van der Waals surface area contributed by atoms with Gasteiger partial charge in [-0.3, -0.25) is 9.59 Å². The molecule has 1 N–H and O–H groups in total. The topological polar surface area (TPSA) is 72.5 Å². The molecule has 5 nitrogen and oxygen atoms in total. The Kier molecular flexibility index (Phi) is 7.35. The average Bonchev–Trinajstić information content (AvgIpc) is 2.42. The van der Waals surface area contributed by atoms with Gasteiger partial charge < -0.3 is 14.8 Å². The van der Waals surface area contributed by atoms with Crippen LogP contribution in [0.5, 0.6) is 0 Å². The molecule has 7 heteroatoms. The summed E-state index contributed by atoms with van der Waals surface area (Å²) < 4.78 is 4.78. The fourth-order valence-electron chi connectivity index (χ4n) is 1.71. The first-order valence-corrected chi connectivity index (χ1v) is 7.44. The van der Waals surface area contributed by atoms with E-state index in [-0.39, 0.29) is 24.7 Å².